The van der Waals surface area contributed by atoms with Crippen molar-refractivity contribution >= 4 is 6.09 Å². The van der Waals surface area contributed by atoms with Crippen LogP contribution in [0.4, 0.5) is 4.79 Å². The minimum Gasteiger partial charge on any atom is -0.444 e. The van der Waals surface area contributed by atoms with Gasteiger partial charge in [-0.1, -0.05) is 0 Å². The first-order valence-corrected chi connectivity index (χ1v) is 6.77. The molecule has 0 saturated heterocycles. The third-order valence-corrected chi connectivity index (χ3v) is 2.77. The molecule has 1 aromatic heterocycles. The van der Waals surface area contributed by atoms with E-state index in [9.17, 15) is 4.79 Å². The second-order valence-electron chi connectivity index (χ2n) is 5.66. The van der Waals surface area contributed by atoms with Gasteiger partial charge in [-0.05, 0) is 33.8 Å². The van der Waals surface area contributed by atoms with Crippen molar-refractivity contribution in [3.8, 4) is 0 Å². The number of amides is 1. The maximum atomic E-state index is 12.1. The van der Waals surface area contributed by atoms with E-state index in [0.29, 0.717) is 13.1 Å². The predicted molar refractivity (Wildman–Crippen MR) is 76.4 cm³/mol. The largest absolute Gasteiger partial charge is 0.444 e. The van der Waals surface area contributed by atoms with Crippen molar-refractivity contribution in [1.29, 1.82) is 0 Å². The van der Waals surface area contributed by atoms with Crippen molar-refractivity contribution in [2.24, 2.45) is 7.05 Å². The molecule has 0 N–H and O–H groups in total. The Hall–Kier alpha value is -1.56. The predicted octanol–water partition coefficient (Wildman–Crippen LogP) is 2.36. The Bertz CT molecular complexity index is 437. The van der Waals surface area contributed by atoms with Gasteiger partial charge in [0.1, 0.15) is 11.7 Å². The first-order valence-electron chi connectivity index (χ1n) is 6.77. The Kier molecular flexibility index (Phi) is 5.56. The summed E-state index contributed by atoms with van der Waals surface area (Å²) in [5.41, 5.74) is 0.301. The molecule has 0 saturated carbocycles. The standard InChI is InChI=1S/C14H25N3O3/c1-7-17(13(18)20-14(2,3)4)10-12(19-6)11-8-9-16(5)15-11/h8-9,12H,7,10H2,1-6H3. The summed E-state index contributed by atoms with van der Waals surface area (Å²) in [6.07, 6.45) is 1.26. The monoisotopic (exact) mass is 283 g/mol. The molecule has 114 valence electrons. The fourth-order valence-corrected chi connectivity index (χ4v) is 1.75. The summed E-state index contributed by atoms with van der Waals surface area (Å²) in [7, 11) is 3.46. The van der Waals surface area contributed by atoms with Gasteiger partial charge in [-0.15, -0.1) is 0 Å². The number of aromatic nitrogens is 2. The van der Waals surface area contributed by atoms with Crippen LogP contribution in [-0.2, 0) is 16.5 Å². The molecular formula is C14H25N3O3. The Morgan fingerprint density at radius 1 is 1.50 bits per heavy atom. The van der Waals surface area contributed by atoms with Crippen LogP contribution in [0, 0.1) is 0 Å². The molecule has 1 atom stereocenters. The van der Waals surface area contributed by atoms with Crippen molar-refractivity contribution < 1.29 is 14.3 Å². The van der Waals surface area contributed by atoms with Gasteiger partial charge < -0.3 is 14.4 Å². The molecule has 6 heteroatoms. The van der Waals surface area contributed by atoms with Gasteiger partial charge in [-0.25, -0.2) is 4.79 Å². The van der Waals surface area contributed by atoms with Crippen LogP contribution >= 0.6 is 0 Å². The lowest BCUT2D eigenvalue weighted by atomic mass is 10.2. The van der Waals surface area contributed by atoms with Gasteiger partial charge in [0.2, 0.25) is 0 Å². The van der Waals surface area contributed by atoms with Gasteiger partial charge >= 0.3 is 6.09 Å². The molecule has 0 fully saturated rings. The van der Waals surface area contributed by atoms with Crippen LogP contribution in [0.1, 0.15) is 39.5 Å². The average molecular weight is 283 g/mol. The number of ether oxygens (including phenoxy) is 2. The fourth-order valence-electron chi connectivity index (χ4n) is 1.75. The van der Waals surface area contributed by atoms with Crippen LogP contribution in [0.3, 0.4) is 0 Å². The summed E-state index contributed by atoms with van der Waals surface area (Å²) < 4.78 is 12.5. The maximum Gasteiger partial charge on any atom is 0.410 e. The van der Waals surface area contributed by atoms with E-state index < -0.39 is 5.60 Å². The van der Waals surface area contributed by atoms with E-state index >= 15 is 0 Å². The quantitative estimate of drug-likeness (QED) is 0.832. The van der Waals surface area contributed by atoms with E-state index in [1.807, 2.05) is 47.0 Å². The van der Waals surface area contributed by atoms with Crippen molar-refractivity contribution in [3.05, 3.63) is 18.0 Å². The number of nitrogens with zero attached hydrogens (tertiary/aromatic N) is 3. The highest BCUT2D eigenvalue weighted by Crippen LogP contribution is 2.17. The summed E-state index contributed by atoms with van der Waals surface area (Å²) in [4.78, 5) is 13.7. The smallest absolute Gasteiger partial charge is 0.410 e. The molecule has 1 aromatic rings. The molecule has 1 rings (SSSR count). The lowest BCUT2D eigenvalue weighted by Crippen LogP contribution is -2.39. The summed E-state index contributed by atoms with van der Waals surface area (Å²) in [6, 6.07) is 1.89. The van der Waals surface area contributed by atoms with Crippen LogP contribution in [0.2, 0.25) is 0 Å². The molecule has 0 aliphatic heterocycles. The Morgan fingerprint density at radius 2 is 2.15 bits per heavy atom. The van der Waals surface area contributed by atoms with E-state index in [0.717, 1.165) is 5.69 Å². The highest BCUT2D eigenvalue weighted by Gasteiger charge is 2.25. The molecule has 1 unspecified atom stereocenters. The molecule has 0 aliphatic carbocycles. The van der Waals surface area contributed by atoms with Crippen LogP contribution in [0.15, 0.2) is 12.3 Å². The van der Waals surface area contributed by atoms with E-state index in [1.165, 1.54) is 0 Å². The fraction of sp³-hybridized carbons (Fsp3) is 0.714. The lowest BCUT2D eigenvalue weighted by molar-refractivity contribution is 0.00833. The summed E-state index contributed by atoms with van der Waals surface area (Å²) in [6.45, 7) is 8.44. The van der Waals surface area contributed by atoms with Gasteiger partial charge in [-0.3, -0.25) is 4.68 Å². The Labute approximate surface area is 120 Å². The molecular weight excluding hydrogens is 258 g/mol. The third-order valence-electron chi connectivity index (χ3n) is 2.77. The van der Waals surface area contributed by atoms with Gasteiger partial charge in [-0.2, -0.15) is 5.10 Å². The normalized spacial score (nSPS) is 13.1. The molecule has 20 heavy (non-hydrogen) atoms. The van der Waals surface area contributed by atoms with Crippen LogP contribution < -0.4 is 0 Å². The van der Waals surface area contributed by atoms with Crippen molar-refractivity contribution in [2.45, 2.75) is 39.4 Å². The molecule has 0 bridgehead atoms. The van der Waals surface area contributed by atoms with Crippen molar-refractivity contribution in [2.75, 3.05) is 20.2 Å². The Morgan fingerprint density at radius 3 is 2.55 bits per heavy atom. The number of aryl methyl sites for hydroxylation is 1. The number of methoxy groups -OCH3 is 1. The molecule has 0 spiro atoms. The van der Waals surface area contributed by atoms with Crippen molar-refractivity contribution in [1.82, 2.24) is 14.7 Å². The third kappa shape index (κ3) is 4.85. The number of carbonyl (C=O) groups is 1. The first kappa shape index (κ1) is 16.5. The molecule has 1 amide bonds. The van der Waals surface area contributed by atoms with Crippen LogP contribution in [0.25, 0.3) is 0 Å². The first-order chi connectivity index (χ1) is 9.26. The van der Waals surface area contributed by atoms with Crippen LogP contribution in [0.5, 0.6) is 0 Å². The molecule has 0 radical (unpaired) electrons. The van der Waals surface area contributed by atoms with E-state index in [4.69, 9.17) is 9.47 Å². The Balaban J connectivity index is 2.73. The number of rotatable bonds is 5. The minimum atomic E-state index is -0.502. The summed E-state index contributed by atoms with van der Waals surface area (Å²) in [5, 5.41) is 4.32. The van der Waals surface area contributed by atoms with Gasteiger partial charge in [0, 0.05) is 26.9 Å². The van der Waals surface area contributed by atoms with E-state index in [1.54, 1.807) is 16.7 Å². The molecule has 6 nitrogen and oxygen atoms in total. The van der Waals surface area contributed by atoms with E-state index in [2.05, 4.69) is 5.10 Å². The maximum absolute atomic E-state index is 12.1. The number of hydrogen-bond acceptors (Lipinski definition) is 4. The molecule has 1 heterocycles. The highest BCUT2D eigenvalue weighted by molar-refractivity contribution is 5.68. The summed E-state index contributed by atoms with van der Waals surface area (Å²) >= 11 is 0. The molecule has 0 aliphatic rings. The zero-order valence-electron chi connectivity index (χ0n) is 13.2. The minimum absolute atomic E-state index is 0.260. The average Bonchev–Trinajstić information content (AvgIpc) is 2.75. The van der Waals surface area contributed by atoms with Gasteiger partial charge in [0.25, 0.3) is 0 Å². The van der Waals surface area contributed by atoms with Crippen LogP contribution in [-0.4, -0.2) is 46.6 Å². The highest BCUT2D eigenvalue weighted by atomic mass is 16.6. The zero-order valence-corrected chi connectivity index (χ0v) is 13.2. The SMILES string of the molecule is CCN(CC(OC)c1ccn(C)n1)C(=O)OC(C)(C)C. The van der Waals surface area contributed by atoms with Gasteiger partial charge in [0.15, 0.2) is 0 Å². The summed E-state index contributed by atoms with van der Waals surface area (Å²) in [5.74, 6) is 0. The topological polar surface area (TPSA) is 56.6 Å². The zero-order chi connectivity index (χ0) is 15.3. The van der Waals surface area contributed by atoms with Gasteiger partial charge in [0.05, 0.1) is 12.2 Å². The second-order valence-corrected chi connectivity index (χ2v) is 5.66. The van der Waals surface area contributed by atoms with E-state index in [-0.39, 0.29) is 12.2 Å². The number of likely N-dealkylation sites (N-methyl/N-ethyl adjacent to an activating group) is 1. The lowest BCUT2D eigenvalue weighted by Gasteiger charge is -2.28. The second kappa shape index (κ2) is 6.74. The molecule has 0 aromatic carbocycles. The number of hydrogen-bond donors (Lipinski definition) is 0. The van der Waals surface area contributed by atoms with Crippen molar-refractivity contribution in [3.63, 3.8) is 0 Å². The number of carbonyl (C=O) groups excluding carboxylic acids is 1.